The summed E-state index contributed by atoms with van der Waals surface area (Å²) in [5, 5.41) is 34.0. The third-order valence-corrected chi connectivity index (χ3v) is 4.77. The third kappa shape index (κ3) is 4.59. The first-order chi connectivity index (χ1) is 13.5. The number of ether oxygens (including phenoxy) is 1. The molecule has 8 heteroatoms. The van der Waals surface area contributed by atoms with Crippen LogP contribution in [0.5, 0.6) is 17.4 Å². The maximum Gasteiger partial charge on any atom is 0.236 e. The molecule has 0 saturated carbocycles. The molecule has 1 atom stereocenters. The lowest BCUT2D eigenvalue weighted by Gasteiger charge is -2.15. The van der Waals surface area contributed by atoms with Gasteiger partial charge < -0.3 is 25.6 Å². The number of aromatic nitrogens is 1. The Balaban J connectivity index is 1.78. The zero-order valence-electron chi connectivity index (χ0n) is 15.6. The standard InChI is InChI=1S/C20H22N4O3S/c1-12-10-15(27-14-6-4-3-5-7-14)8-9-16(12)23-20-17(19(26)24-28-20)18(21)22-13(2)11-25/h3-10,13,23,25H,11H2,1-2H3,(H2,21,22)(H,24,26). The molecular formula is C20H22N4O3S. The van der Waals surface area contributed by atoms with Crippen molar-refractivity contribution in [1.29, 1.82) is 5.41 Å². The van der Waals surface area contributed by atoms with Crippen LogP contribution in [0.25, 0.3) is 0 Å². The molecular weight excluding hydrogens is 376 g/mol. The van der Waals surface area contributed by atoms with Crippen molar-refractivity contribution >= 4 is 28.1 Å². The van der Waals surface area contributed by atoms with Gasteiger partial charge >= 0.3 is 0 Å². The van der Waals surface area contributed by atoms with E-state index in [2.05, 4.69) is 15.0 Å². The number of aryl methyl sites for hydroxylation is 1. The molecule has 7 nitrogen and oxygen atoms in total. The molecule has 28 heavy (non-hydrogen) atoms. The predicted molar refractivity (Wildman–Crippen MR) is 111 cm³/mol. The van der Waals surface area contributed by atoms with Gasteiger partial charge in [0.05, 0.1) is 6.61 Å². The minimum absolute atomic E-state index is 0.00279. The summed E-state index contributed by atoms with van der Waals surface area (Å²) in [7, 11) is 0. The molecule has 1 heterocycles. The van der Waals surface area contributed by atoms with Gasteiger partial charge in [-0.15, -0.1) is 0 Å². The van der Waals surface area contributed by atoms with Crippen LogP contribution in [-0.2, 0) is 0 Å². The van der Waals surface area contributed by atoms with E-state index in [9.17, 15) is 5.11 Å². The maximum absolute atomic E-state index is 10.0. The lowest BCUT2D eigenvalue weighted by atomic mass is 10.2. The van der Waals surface area contributed by atoms with Gasteiger partial charge in [0, 0.05) is 11.7 Å². The van der Waals surface area contributed by atoms with Gasteiger partial charge in [0.15, 0.2) is 0 Å². The van der Waals surface area contributed by atoms with Crippen LogP contribution in [0, 0.1) is 12.3 Å². The largest absolute Gasteiger partial charge is 0.492 e. The topological polar surface area (TPSA) is 110 Å². The van der Waals surface area contributed by atoms with Crippen molar-refractivity contribution in [3.63, 3.8) is 0 Å². The second kappa shape index (κ2) is 8.73. The molecule has 0 radical (unpaired) electrons. The van der Waals surface area contributed by atoms with Gasteiger partial charge in [-0.3, -0.25) is 5.41 Å². The zero-order valence-corrected chi connectivity index (χ0v) is 16.4. The molecule has 5 N–H and O–H groups in total. The average Bonchev–Trinajstić information content (AvgIpc) is 3.05. The molecule has 1 unspecified atom stereocenters. The smallest absolute Gasteiger partial charge is 0.236 e. The highest BCUT2D eigenvalue weighted by Gasteiger charge is 2.20. The quantitative estimate of drug-likeness (QED) is 0.304. The minimum Gasteiger partial charge on any atom is -0.492 e. The summed E-state index contributed by atoms with van der Waals surface area (Å²) < 4.78 is 9.78. The summed E-state index contributed by atoms with van der Waals surface area (Å²) >= 11 is 1.06. The molecule has 0 amide bonds. The highest BCUT2D eigenvalue weighted by molar-refractivity contribution is 7.11. The van der Waals surface area contributed by atoms with Crippen LogP contribution < -0.4 is 15.4 Å². The molecule has 3 aromatic rings. The number of nitrogens with one attached hydrogen (secondary N) is 3. The first-order valence-corrected chi connectivity index (χ1v) is 9.50. The number of hydrogen-bond acceptors (Lipinski definition) is 7. The first-order valence-electron chi connectivity index (χ1n) is 8.73. The maximum atomic E-state index is 10.0. The Labute approximate surface area is 167 Å². The second-order valence-corrected chi connectivity index (χ2v) is 7.10. The van der Waals surface area contributed by atoms with Crippen LogP contribution in [0.3, 0.4) is 0 Å². The van der Waals surface area contributed by atoms with E-state index in [1.165, 1.54) is 0 Å². The van der Waals surface area contributed by atoms with E-state index in [0.717, 1.165) is 28.5 Å². The van der Waals surface area contributed by atoms with Gasteiger partial charge in [-0.05, 0) is 61.3 Å². The van der Waals surface area contributed by atoms with Gasteiger partial charge in [0.25, 0.3) is 0 Å². The van der Waals surface area contributed by atoms with Gasteiger partial charge in [-0.25, -0.2) is 0 Å². The number of aromatic hydroxyl groups is 1. The fraction of sp³-hybridized carbons (Fsp3) is 0.200. The Bertz CT molecular complexity index is 959. The molecule has 0 aliphatic heterocycles. The van der Waals surface area contributed by atoms with Crippen LogP contribution >= 0.6 is 11.5 Å². The number of benzene rings is 2. The number of aliphatic hydroxyl groups is 1. The Morgan fingerprint density at radius 1 is 1.21 bits per heavy atom. The van der Waals surface area contributed by atoms with Gasteiger partial charge in [-0.2, -0.15) is 4.37 Å². The van der Waals surface area contributed by atoms with Crippen LogP contribution in [0.15, 0.2) is 48.5 Å². The molecule has 0 saturated heterocycles. The van der Waals surface area contributed by atoms with Crippen molar-refractivity contribution in [3.8, 4) is 17.4 Å². The van der Waals surface area contributed by atoms with Crippen molar-refractivity contribution in [1.82, 2.24) is 9.69 Å². The molecule has 146 valence electrons. The van der Waals surface area contributed by atoms with E-state index in [1.54, 1.807) is 6.92 Å². The Morgan fingerprint density at radius 3 is 2.64 bits per heavy atom. The second-order valence-electron chi connectivity index (χ2n) is 6.33. The molecule has 0 bridgehead atoms. The Morgan fingerprint density at radius 2 is 1.96 bits per heavy atom. The van der Waals surface area contributed by atoms with E-state index < -0.39 is 0 Å². The van der Waals surface area contributed by atoms with Crippen LogP contribution in [0.1, 0.15) is 18.1 Å². The van der Waals surface area contributed by atoms with E-state index in [4.69, 9.17) is 15.3 Å². The van der Waals surface area contributed by atoms with Gasteiger partial charge in [0.1, 0.15) is 27.9 Å². The Kier molecular flexibility index (Phi) is 6.13. The molecule has 0 aliphatic rings. The number of amidine groups is 1. The number of rotatable bonds is 7. The summed E-state index contributed by atoms with van der Waals surface area (Å²) in [5.74, 6) is 1.25. The lowest BCUT2D eigenvalue weighted by Crippen LogP contribution is -2.35. The third-order valence-electron chi connectivity index (χ3n) is 4.01. The zero-order chi connectivity index (χ0) is 20.1. The monoisotopic (exact) mass is 398 g/mol. The van der Waals surface area contributed by atoms with Crippen molar-refractivity contribution in [2.24, 2.45) is 0 Å². The fourth-order valence-corrected chi connectivity index (χ4v) is 3.25. The summed E-state index contributed by atoms with van der Waals surface area (Å²) in [5.41, 5.74) is 2.03. The normalized spacial score (nSPS) is 11.7. The number of para-hydroxylation sites is 1. The van der Waals surface area contributed by atoms with Crippen molar-refractivity contribution in [2.45, 2.75) is 19.9 Å². The molecule has 3 rings (SSSR count). The van der Waals surface area contributed by atoms with E-state index in [1.807, 2.05) is 55.5 Å². The lowest BCUT2D eigenvalue weighted by molar-refractivity contribution is 0.264. The number of hydrogen-bond donors (Lipinski definition) is 5. The van der Waals surface area contributed by atoms with Gasteiger partial charge in [-0.1, -0.05) is 18.2 Å². The van der Waals surface area contributed by atoms with Crippen molar-refractivity contribution < 1.29 is 14.9 Å². The minimum atomic E-state index is -0.309. The SMILES string of the molecule is Cc1cc(Oc2ccccc2)ccc1Nc1snc(O)c1C(=N)NC(C)CO. The van der Waals surface area contributed by atoms with Gasteiger partial charge in [0.2, 0.25) is 5.88 Å². The highest BCUT2D eigenvalue weighted by atomic mass is 32.1. The summed E-state index contributed by atoms with van der Waals surface area (Å²) in [4.78, 5) is 0. The van der Waals surface area contributed by atoms with Crippen molar-refractivity contribution in [2.75, 3.05) is 11.9 Å². The molecule has 2 aromatic carbocycles. The van der Waals surface area contributed by atoms with Crippen LogP contribution in [0.4, 0.5) is 10.7 Å². The number of aliphatic hydroxyl groups excluding tert-OH is 1. The number of anilines is 2. The summed E-state index contributed by atoms with van der Waals surface area (Å²) in [6, 6.07) is 14.9. The number of nitrogens with zero attached hydrogens (tertiary/aromatic N) is 1. The van der Waals surface area contributed by atoms with Crippen LogP contribution in [0.2, 0.25) is 0 Å². The molecule has 0 spiro atoms. The first kappa shape index (κ1) is 19.7. The summed E-state index contributed by atoms with van der Waals surface area (Å²) in [6.07, 6.45) is 0. The molecule has 0 fully saturated rings. The van der Waals surface area contributed by atoms with Crippen molar-refractivity contribution in [3.05, 3.63) is 59.7 Å². The van der Waals surface area contributed by atoms with E-state index >= 15 is 0 Å². The predicted octanol–water partition coefficient (Wildman–Crippen LogP) is 3.99. The molecule has 1 aromatic heterocycles. The average molecular weight is 398 g/mol. The molecule has 0 aliphatic carbocycles. The highest BCUT2D eigenvalue weighted by Crippen LogP contribution is 2.34. The van der Waals surface area contributed by atoms with E-state index in [-0.39, 0.29) is 29.9 Å². The fourth-order valence-electron chi connectivity index (χ4n) is 2.54. The Hall–Kier alpha value is -3.10. The summed E-state index contributed by atoms with van der Waals surface area (Å²) in [6.45, 7) is 3.57. The van der Waals surface area contributed by atoms with Crippen LogP contribution in [-0.4, -0.2) is 33.1 Å². The van der Waals surface area contributed by atoms with E-state index in [0.29, 0.717) is 10.8 Å².